The number of nitrogens with one attached hydrogen (secondary N) is 1. The number of allylic oxidation sites excluding steroid dienone is 1. The van der Waals surface area contributed by atoms with E-state index in [1.54, 1.807) is 45.0 Å². The van der Waals surface area contributed by atoms with Crippen LogP contribution in [0.25, 0.3) is 0 Å². The van der Waals surface area contributed by atoms with Crippen LogP contribution in [-0.4, -0.2) is 49.2 Å². The molecule has 1 N–H and O–H groups in total. The average Bonchev–Trinajstić information content (AvgIpc) is 2.63. The molecule has 1 heterocycles. The number of methoxy groups -OCH3 is 1. The molecule has 0 unspecified atom stereocenters. The van der Waals surface area contributed by atoms with E-state index in [-0.39, 0.29) is 6.03 Å². The monoisotopic (exact) mass is 364 g/mol. The first-order valence-corrected chi connectivity index (χ1v) is 9.28. The predicted molar refractivity (Wildman–Crippen MR) is 98.7 cm³/mol. The largest absolute Gasteiger partial charge is 0.497 e. The van der Waals surface area contributed by atoms with Crippen LogP contribution >= 0.6 is 11.8 Å². The molecule has 7 heteroatoms. The van der Waals surface area contributed by atoms with Crippen molar-refractivity contribution in [1.29, 1.82) is 0 Å². The minimum Gasteiger partial charge on any atom is -0.497 e. The van der Waals surface area contributed by atoms with Gasteiger partial charge in [-0.2, -0.15) is 11.8 Å². The molecule has 2 amide bonds. The van der Waals surface area contributed by atoms with Gasteiger partial charge in [-0.15, -0.1) is 0 Å². The Morgan fingerprint density at radius 1 is 1.32 bits per heavy atom. The smallest absolute Gasteiger partial charge is 0.338 e. The molecule has 0 aliphatic carbocycles. The molecule has 0 saturated carbocycles. The van der Waals surface area contributed by atoms with Gasteiger partial charge in [0.2, 0.25) is 0 Å². The Kier molecular flexibility index (Phi) is 6.75. The van der Waals surface area contributed by atoms with Gasteiger partial charge >= 0.3 is 12.0 Å². The Hall–Kier alpha value is -2.15. The second-order valence-electron chi connectivity index (χ2n) is 5.55. The van der Waals surface area contributed by atoms with Gasteiger partial charge in [0.1, 0.15) is 12.4 Å². The van der Waals surface area contributed by atoms with Crippen LogP contribution in [0, 0.1) is 0 Å². The molecule has 6 nitrogen and oxygen atoms in total. The number of carbonyl (C=O) groups excluding carboxylic acids is 2. The van der Waals surface area contributed by atoms with Gasteiger partial charge in [-0.25, -0.2) is 9.59 Å². The summed E-state index contributed by atoms with van der Waals surface area (Å²) in [5, 5.41) is 2.87. The second kappa shape index (κ2) is 8.80. The molecule has 1 aromatic carbocycles. The van der Waals surface area contributed by atoms with Gasteiger partial charge < -0.3 is 19.7 Å². The van der Waals surface area contributed by atoms with Crippen LogP contribution in [-0.2, 0) is 9.53 Å². The summed E-state index contributed by atoms with van der Waals surface area (Å²) in [6, 6.07) is 6.48. The van der Waals surface area contributed by atoms with Crippen LogP contribution in [0.4, 0.5) is 4.79 Å². The van der Waals surface area contributed by atoms with Crippen molar-refractivity contribution in [3.63, 3.8) is 0 Å². The highest BCUT2D eigenvalue weighted by molar-refractivity contribution is 7.99. The second-order valence-corrected chi connectivity index (χ2v) is 6.94. The summed E-state index contributed by atoms with van der Waals surface area (Å²) in [5.74, 6) is 2.04. The van der Waals surface area contributed by atoms with Crippen LogP contribution in [0.5, 0.6) is 5.75 Å². The highest BCUT2D eigenvalue weighted by Crippen LogP contribution is 2.31. The molecule has 0 aromatic heterocycles. The van der Waals surface area contributed by atoms with Crippen LogP contribution in [0.3, 0.4) is 0 Å². The third-order valence-corrected chi connectivity index (χ3v) is 4.95. The molecule has 136 valence electrons. The summed E-state index contributed by atoms with van der Waals surface area (Å²) < 4.78 is 10.6. The first-order chi connectivity index (χ1) is 12.0. The third-order valence-electron chi connectivity index (χ3n) is 4.09. The van der Waals surface area contributed by atoms with Gasteiger partial charge in [0.15, 0.2) is 0 Å². The number of ether oxygens (including phenoxy) is 2. The summed E-state index contributed by atoms with van der Waals surface area (Å²) in [4.78, 5) is 26.2. The molecule has 1 aromatic rings. The van der Waals surface area contributed by atoms with Crippen molar-refractivity contribution < 1.29 is 19.1 Å². The number of benzene rings is 1. The minimum atomic E-state index is -0.541. The van der Waals surface area contributed by atoms with Crippen molar-refractivity contribution in [2.75, 3.05) is 32.3 Å². The molecule has 0 fully saturated rings. The van der Waals surface area contributed by atoms with Crippen molar-refractivity contribution in [3.8, 4) is 5.75 Å². The number of esters is 1. The Balaban J connectivity index is 2.28. The van der Waals surface area contributed by atoms with E-state index >= 15 is 0 Å². The Morgan fingerprint density at radius 2 is 2.00 bits per heavy atom. The summed E-state index contributed by atoms with van der Waals surface area (Å²) >= 11 is 1.71. The zero-order valence-corrected chi connectivity index (χ0v) is 15.8. The van der Waals surface area contributed by atoms with Gasteiger partial charge in [0, 0.05) is 18.5 Å². The van der Waals surface area contributed by atoms with Crippen molar-refractivity contribution >= 4 is 23.8 Å². The molecule has 2 rings (SSSR count). The van der Waals surface area contributed by atoms with E-state index in [9.17, 15) is 9.59 Å². The number of nitrogens with zero attached hydrogens (tertiary/aromatic N) is 1. The predicted octanol–water partition coefficient (Wildman–Crippen LogP) is 2.96. The minimum absolute atomic E-state index is 0.253. The molecular formula is C18H24N2O4S. The van der Waals surface area contributed by atoms with Crippen molar-refractivity contribution in [1.82, 2.24) is 10.2 Å². The van der Waals surface area contributed by atoms with Crippen molar-refractivity contribution in [3.05, 3.63) is 41.1 Å². The highest BCUT2D eigenvalue weighted by Gasteiger charge is 2.34. The van der Waals surface area contributed by atoms with Crippen LogP contribution in [0.2, 0.25) is 0 Å². The molecular weight excluding hydrogens is 340 g/mol. The zero-order chi connectivity index (χ0) is 18.4. The lowest BCUT2D eigenvalue weighted by Gasteiger charge is -2.33. The maximum Gasteiger partial charge on any atom is 0.338 e. The van der Waals surface area contributed by atoms with Crippen molar-refractivity contribution in [2.45, 2.75) is 19.9 Å². The van der Waals surface area contributed by atoms with E-state index in [0.717, 1.165) is 17.1 Å². The number of amides is 2. The van der Waals surface area contributed by atoms with E-state index in [4.69, 9.17) is 9.47 Å². The lowest BCUT2D eigenvalue weighted by Crippen LogP contribution is -2.46. The summed E-state index contributed by atoms with van der Waals surface area (Å²) in [5.41, 5.74) is 1.85. The van der Waals surface area contributed by atoms with E-state index in [2.05, 4.69) is 12.2 Å². The molecule has 0 saturated heterocycles. The lowest BCUT2D eigenvalue weighted by molar-refractivity contribution is -0.139. The zero-order valence-electron chi connectivity index (χ0n) is 15.0. The topological polar surface area (TPSA) is 67.9 Å². The molecule has 1 aliphatic rings. The van der Waals surface area contributed by atoms with E-state index in [1.807, 2.05) is 12.1 Å². The number of hydrogen-bond acceptors (Lipinski definition) is 5. The standard InChI is InChI=1S/C18H24N2O4S/c1-5-25-11-10-24-17(21)15-12(2)20(3)18(22)19-16(15)13-6-8-14(23-4)9-7-13/h6-9,16H,5,10-11H2,1-4H3,(H,19,22)/t16-/m1/s1. The third kappa shape index (κ3) is 4.48. The van der Waals surface area contributed by atoms with Gasteiger partial charge in [0.25, 0.3) is 0 Å². The van der Waals surface area contributed by atoms with Crippen LogP contribution in [0.15, 0.2) is 35.5 Å². The fourth-order valence-corrected chi connectivity index (χ4v) is 3.05. The first kappa shape index (κ1) is 19.2. The first-order valence-electron chi connectivity index (χ1n) is 8.13. The van der Waals surface area contributed by atoms with Crippen LogP contribution in [0.1, 0.15) is 25.5 Å². The Labute approximate surface area is 152 Å². The molecule has 1 atom stereocenters. The van der Waals surface area contributed by atoms with Gasteiger partial charge in [-0.3, -0.25) is 0 Å². The Bertz CT molecular complexity index is 658. The molecule has 0 spiro atoms. The Morgan fingerprint density at radius 3 is 2.60 bits per heavy atom. The number of urea groups is 1. The molecule has 0 bridgehead atoms. The van der Waals surface area contributed by atoms with Crippen molar-refractivity contribution in [2.24, 2.45) is 0 Å². The van der Waals surface area contributed by atoms with Gasteiger partial charge in [-0.05, 0) is 30.4 Å². The maximum absolute atomic E-state index is 12.6. The number of hydrogen-bond donors (Lipinski definition) is 1. The fraction of sp³-hybridized carbons (Fsp3) is 0.444. The maximum atomic E-state index is 12.6. The highest BCUT2D eigenvalue weighted by atomic mass is 32.2. The van der Waals surface area contributed by atoms with Gasteiger partial charge in [0.05, 0.1) is 18.7 Å². The molecule has 0 radical (unpaired) electrons. The fourth-order valence-electron chi connectivity index (χ4n) is 2.56. The van der Waals surface area contributed by atoms with Crippen LogP contribution < -0.4 is 10.1 Å². The summed E-state index contributed by atoms with van der Waals surface area (Å²) in [7, 11) is 3.22. The number of carbonyl (C=O) groups is 2. The number of rotatable bonds is 7. The van der Waals surface area contributed by atoms with E-state index < -0.39 is 12.0 Å². The normalized spacial score (nSPS) is 17.4. The lowest BCUT2D eigenvalue weighted by atomic mass is 9.95. The molecule has 25 heavy (non-hydrogen) atoms. The van der Waals surface area contributed by atoms with E-state index in [0.29, 0.717) is 23.6 Å². The number of thioether (sulfide) groups is 1. The quantitative estimate of drug-likeness (QED) is 0.595. The van der Waals surface area contributed by atoms with Gasteiger partial charge in [-0.1, -0.05) is 19.1 Å². The SMILES string of the molecule is CCSCCOC(=O)C1=C(C)N(C)C(=O)N[C@@H]1c1ccc(OC)cc1. The summed E-state index contributed by atoms with van der Waals surface area (Å²) in [6.07, 6.45) is 0. The average molecular weight is 364 g/mol. The van der Waals surface area contributed by atoms with E-state index in [1.165, 1.54) is 4.90 Å². The summed E-state index contributed by atoms with van der Waals surface area (Å²) in [6.45, 7) is 4.16. The molecule has 1 aliphatic heterocycles.